The normalized spacial score (nSPS) is 13.5. The molecule has 0 aromatic heterocycles. The van der Waals surface area contributed by atoms with Crippen LogP contribution in [0.3, 0.4) is 0 Å². The minimum absolute atomic E-state index is 0.0345. The molecule has 6 heteroatoms. The third-order valence-corrected chi connectivity index (χ3v) is 2.85. The van der Waals surface area contributed by atoms with Crippen LogP contribution in [0.25, 0.3) is 0 Å². The predicted molar refractivity (Wildman–Crippen MR) is 69.2 cm³/mol. The maximum atomic E-state index is 13.1. The maximum Gasteiger partial charge on any atom is 0.340 e. The Morgan fingerprint density at radius 3 is 2.53 bits per heavy atom. The number of hydrogen-bond donors (Lipinski definition) is 2. The first-order valence-corrected chi connectivity index (χ1v) is 5.81. The van der Waals surface area contributed by atoms with E-state index in [9.17, 15) is 14.0 Å². The molecule has 3 N–H and O–H groups in total. The summed E-state index contributed by atoms with van der Waals surface area (Å²) >= 11 is 0. The van der Waals surface area contributed by atoms with Crippen molar-refractivity contribution in [1.29, 1.82) is 0 Å². The monoisotopic (exact) mass is 268 g/mol. The summed E-state index contributed by atoms with van der Waals surface area (Å²) in [6.07, 6.45) is 0. The average Bonchev–Trinajstić information content (AvgIpc) is 2.38. The van der Waals surface area contributed by atoms with Gasteiger partial charge in [0.1, 0.15) is 5.82 Å². The molecule has 0 radical (unpaired) electrons. The first-order chi connectivity index (χ1) is 8.86. The van der Waals surface area contributed by atoms with E-state index in [0.717, 1.165) is 12.1 Å². The van der Waals surface area contributed by atoms with Crippen LogP contribution >= 0.6 is 0 Å². The van der Waals surface area contributed by atoms with Gasteiger partial charge < -0.3 is 15.8 Å². The lowest BCUT2D eigenvalue weighted by atomic mass is 10.0. The van der Waals surface area contributed by atoms with Gasteiger partial charge >= 0.3 is 5.97 Å². The molecule has 0 saturated heterocycles. The molecule has 0 spiro atoms. The van der Waals surface area contributed by atoms with Gasteiger partial charge in [0.05, 0.1) is 24.3 Å². The molecule has 2 atom stereocenters. The highest BCUT2D eigenvalue weighted by molar-refractivity contribution is 6.01. The number of benzene rings is 1. The van der Waals surface area contributed by atoms with E-state index >= 15 is 0 Å². The minimum atomic E-state index is -0.719. The van der Waals surface area contributed by atoms with Gasteiger partial charge in [-0.15, -0.1) is 0 Å². The Balaban J connectivity index is 3.01. The van der Waals surface area contributed by atoms with Crippen molar-refractivity contribution in [1.82, 2.24) is 0 Å². The summed E-state index contributed by atoms with van der Waals surface area (Å²) in [5, 5.41) is 2.55. The predicted octanol–water partition coefficient (Wildman–Crippen LogP) is 1.53. The number of carbonyl (C=O) groups is 2. The molecule has 0 fully saturated rings. The van der Waals surface area contributed by atoms with Gasteiger partial charge in [-0.25, -0.2) is 9.18 Å². The van der Waals surface area contributed by atoms with Crippen LogP contribution in [0.2, 0.25) is 0 Å². The van der Waals surface area contributed by atoms with Gasteiger partial charge in [-0.3, -0.25) is 4.79 Å². The van der Waals surface area contributed by atoms with Crippen molar-refractivity contribution in [2.45, 2.75) is 19.9 Å². The summed E-state index contributed by atoms with van der Waals surface area (Å²) < 4.78 is 17.7. The smallest absolute Gasteiger partial charge is 0.340 e. The van der Waals surface area contributed by atoms with Gasteiger partial charge in [-0.2, -0.15) is 0 Å². The van der Waals surface area contributed by atoms with E-state index in [4.69, 9.17) is 5.73 Å². The van der Waals surface area contributed by atoms with Gasteiger partial charge in [-0.1, -0.05) is 6.92 Å². The van der Waals surface area contributed by atoms with Gasteiger partial charge in [0, 0.05) is 6.04 Å². The Hall–Kier alpha value is -1.95. The van der Waals surface area contributed by atoms with Crippen LogP contribution in [0.1, 0.15) is 24.2 Å². The summed E-state index contributed by atoms with van der Waals surface area (Å²) in [6, 6.07) is 3.14. The Kier molecular flexibility index (Phi) is 5.00. The van der Waals surface area contributed by atoms with E-state index in [1.807, 2.05) is 0 Å². The highest BCUT2D eigenvalue weighted by Gasteiger charge is 2.20. The summed E-state index contributed by atoms with van der Waals surface area (Å²) in [5.41, 5.74) is 5.79. The number of methoxy groups -OCH3 is 1. The molecule has 0 bridgehead atoms. The Morgan fingerprint density at radius 2 is 2.00 bits per heavy atom. The number of anilines is 1. The van der Waals surface area contributed by atoms with Crippen molar-refractivity contribution in [3.05, 3.63) is 29.6 Å². The number of halogens is 1. The second-order valence-electron chi connectivity index (χ2n) is 4.32. The van der Waals surface area contributed by atoms with Crippen molar-refractivity contribution in [3.8, 4) is 0 Å². The molecule has 1 rings (SSSR count). The maximum absolute atomic E-state index is 13.1. The van der Waals surface area contributed by atoms with E-state index in [-0.39, 0.29) is 23.2 Å². The van der Waals surface area contributed by atoms with E-state index < -0.39 is 17.7 Å². The van der Waals surface area contributed by atoms with Gasteiger partial charge in [0.15, 0.2) is 0 Å². The zero-order chi connectivity index (χ0) is 14.6. The van der Waals surface area contributed by atoms with Gasteiger partial charge in [-0.05, 0) is 25.1 Å². The third-order valence-electron chi connectivity index (χ3n) is 2.85. The number of nitrogens with two attached hydrogens (primary N) is 1. The lowest BCUT2D eigenvalue weighted by Gasteiger charge is -2.16. The fourth-order valence-electron chi connectivity index (χ4n) is 1.39. The molecule has 1 aromatic rings. The molecule has 1 aromatic carbocycles. The third kappa shape index (κ3) is 3.75. The number of esters is 1. The molecule has 19 heavy (non-hydrogen) atoms. The van der Waals surface area contributed by atoms with E-state index in [2.05, 4.69) is 10.1 Å². The highest BCUT2D eigenvalue weighted by atomic mass is 19.1. The molecule has 0 heterocycles. The summed E-state index contributed by atoms with van der Waals surface area (Å²) in [7, 11) is 1.18. The SMILES string of the molecule is COC(=O)c1cc(F)ccc1NC(=O)C(C)C(C)N. The average molecular weight is 268 g/mol. The van der Waals surface area contributed by atoms with Crippen LogP contribution < -0.4 is 11.1 Å². The largest absolute Gasteiger partial charge is 0.465 e. The van der Waals surface area contributed by atoms with Crippen LogP contribution in [-0.4, -0.2) is 25.0 Å². The molecule has 0 aliphatic heterocycles. The topological polar surface area (TPSA) is 81.4 Å². The molecular formula is C13H17FN2O3. The number of nitrogens with one attached hydrogen (secondary N) is 1. The zero-order valence-electron chi connectivity index (χ0n) is 11.1. The summed E-state index contributed by atoms with van der Waals surface area (Å²) in [5.74, 6) is -2.08. The Morgan fingerprint density at radius 1 is 1.37 bits per heavy atom. The number of carbonyl (C=O) groups excluding carboxylic acids is 2. The van der Waals surface area contributed by atoms with E-state index in [1.54, 1.807) is 13.8 Å². The molecule has 5 nitrogen and oxygen atoms in total. The first-order valence-electron chi connectivity index (χ1n) is 5.81. The van der Waals surface area contributed by atoms with Crippen molar-refractivity contribution < 1.29 is 18.7 Å². The molecule has 2 unspecified atom stereocenters. The van der Waals surface area contributed by atoms with Crippen molar-refractivity contribution in [2.75, 3.05) is 12.4 Å². The van der Waals surface area contributed by atoms with Crippen LogP contribution in [0, 0.1) is 11.7 Å². The first kappa shape index (κ1) is 15.1. The van der Waals surface area contributed by atoms with Crippen LogP contribution in [-0.2, 0) is 9.53 Å². The second kappa shape index (κ2) is 6.29. The zero-order valence-corrected chi connectivity index (χ0v) is 11.1. The number of hydrogen-bond acceptors (Lipinski definition) is 4. The number of rotatable bonds is 4. The van der Waals surface area contributed by atoms with Gasteiger partial charge in [0.25, 0.3) is 0 Å². The number of ether oxygens (including phenoxy) is 1. The lowest BCUT2D eigenvalue weighted by molar-refractivity contribution is -0.119. The highest BCUT2D eigenvalue weighted by Crippen LogP contribution is 2.19. The van der Waals surface area contributed by atoms with Crippen molar-refractivity contribution in [2.24, 2.45) is 11.7 Å². The molecular weight excluding hydrogens is 251 g/mol. The minimum Gasteiger partial charge on any atom is -0.465 e. The van der Waals surface area contributed by atoms with Gasteiger partial charge in [0.2, 0.25) is 5.91 Å². The fraction of sp³-hybridized carbons (Fsp3) is 0.385. The molecule has 104 valence electrons. The van der Waals surface area contributed by atoms with Crippen molar-refractivity contribution in [3.63, 3.8) is 0 Å². The summed E-state index contributed by atoms with van der Waals surface area (Å²) in [4.78, 5) is 23.4. The molecule has 1 amide bonds. The molecule has 0 aliphatic carbocycles. The lowest BCUT2D eigenvalue weighted by Crippen LogP contribution is -2.34. The van der Waals surface area contributed by atoms with Crippen LogP contribution in [0.15, 0.2) is 18.2 Å². The van der Waals surface area contributed by atoms with Crippen LogP contribution in [0.5, 0.6) is 0 Å². The second-order valence-corrected chi connectivity index (χ2v) is 4.32. The standard InChI is InChI=1S/C13H17FN2O3/c1-7(8(2)15)12(17)16-11-5-4-9(14)6-10(11)13(18)19-3/h4-8H,15H2,1-3H3,(H,16,17). The Bertz CT molecular complexity index is 489. The Labute approximate surface area is 110 Å². The van der Waals surface area contributed by atoms with E-state index in [1.165, 1.54) is 13.2 Å². The summed E-state index contributed by atoms with van der Waals surface area (Å²) in [6.45, 7) is 3.37. The quantitative estimate of drug-likeness (QED) is 0.811. The number of amides is 1. The molecule has 0 saturated carbocycles. The molecule has 0 aliphatic rings. The fourth-order valence-corrected chi connectivity index (χ4v) is 1.39. The van der Waals surface area contributed by atoms with E-state index in [0.29, 0.717) is 0 Å². The van der Waals surface area contributed by atoms with Crippen molar-refractivity contribution >= 4 is 17.6 Å². The van der Waals surface area contributed by atoms with Crippen LogP contribution in [0.4, 0.5) is 10.1 Å².